The molecular weight excluding hydrogens is 432 g/mol. The third kappa shape index (κ3) is 22.3. The average Bonchev–Trinajstić information content (AvgIpc) is 2.86. The van der Waals surface area contributed by atoms with Crippen LogP contribution in [0.4, 0.5) is 0 Å². The largest absolute Gasteiger partial charge is 0.351 e. The third-order valence-corrected chi connectivity index (χ3v) is 7.49. The zero-order chi connectivity index (χ0) is 25.9. The van der Waals surface area contributed by atoms with Gasteiger partial charge in [-0.2, -0.15) is 0 Å². The Labute approximate surface area is 219 Å². The lowest BCUT2D eigenvalue weighted by atomic mass is 9.83. The van der Waals surface area contributed by atoms with Crippen molar-refractivity contribution in [2.24, 2.45) is 17.2 Å². The second-order valence-electron chi connectivity index (χ2n) is 10.9. The Morgan fingerprint density at radius 1 is 0.514 bits per heavy atom. The molecule has 0 aromatic carbocycles. The van der Waals surface area contributed by atoms with Crippen molar-refractivity contribution < 1.29 is 4.79 Å². The molecule has 0 aliphatic heterocycles. The summed E-state index contributed by atoms with van der Waals surface area (Å²) in [6, 6.07) is 0. The molecule has 5 nitrogen and oxygen atoms in total. The molecule has 1 amide bonds. The molecule has 0 heterocycles. The van der Waals surface area contributed by atoms with Crippen molar-refractivity contribution >= 4 is 5.91 Å². The van der Waals surface area contributed by atoms with E-state index in [4.69, 9.17) is 17.2 Å². The minimum Gasteiger partial charge on any atom is -0.351 e. The summed E-state index contributed by atoms with van der Waals surface area (Å²) >= 11 is 0. The van der Waals surface area contributed by atoms with Crippen LogP contribution in [-0.2, 0) is 4.79 Å². The van der Waals surface area contributed by atoms with E-state index in [9.17, 15) is 4.79 Å². The van der Waals surface area contributed by atoms with Crippen molar-refractivity contribution in [2.75, 3.05) is 19.6 Å². The highest BCUT2D eigenvalue weighted by Crippen LogP contribution is 2.25. The first-order chi connectivity index (χ1) is 17.1. The maximum absolute atomic E-state index is 12.7. The van der Waals surface area contributed by atoms with Crippen LogP contribution in [0.3, 0.4) is 0 Å². The summed E-state index contributed by atoms with van der Waals surface area (Å²) in [5, 5.41) is 3.38. The molecule has 0 saturated carbocycles. The van der Waals surface area contributed by atoms with Gasteiger partial charge in [0.05, 0.1) is 0 Å². The summed E-state index contributed by atoms with van der Waals surface area (Å²) in [7, 11) is 0. The summed E-state index contributed by atoms with van der Waals surface area (Å²) in [5.74, 6) is 0.192. The second-order valence-corrected chi connectivity index (χ2v) is 10.9. The molecule has 35 heavy (non-hydrogen) atoms. The molecule has 0 aromatic rings. The number of unbranched alkanes of at least 4 members (excludes halogenated alkanes) is 16. The van der Waals surface area contributed by atoms with E-state index in [1.54, 1.807) is 0 Å². The third-order valence-electron chi connectivity index (χ3n) is 7.49. The summed E-state index contributed by atoms with van der Waals surface area (Å²) in [5.41, 5.74) is 17.1. The molecule has 0 radical (unpaired) electrons. The van der Waals surface area contributed by atoms with Crippen LogP contribution in [0, 0.1) is 0 Å². The molecule has 210 valence electrons. The van der Waals surface area contributed by atoms with Gasteiger partial charge in [-0.15, -0.1) is 0 Å². The Morgan fingerprint density at radius 2 is 0.829 bits per heavy atom. The summed E-state index contributed by atoms with van der Waals surface area (Å²) in [6.45, 7) is 4.25. The lowest BCUT2D eigenvalue weighted by molar-refractivity contribution is -0.123. The van der Waals surface area contributed by atoms with E-state index in [0.717, 1.165) is 51.4 Å². The lowest BCUT2D eigenvalue weighted by Crippen LogP contribution is -2.49. The maximum Gasteiger partial charge on any atom is 0.220 e. The topological polar surface area (TPSA) is 107 Å². The molecule has 0 fully saturated rings. The van der Waals surface area contributed by atoms with Gasteiger partial charge in [0.15, 0.2) is 0 Å². The van der Waals surface area contributed by atoms with Crippen LogP contribution in [0.5, 0.6) is 0 Å². The van der Waals surface area contributed by atoms with E-state index in [2.05, 4.69) is 12.2 Å². The predicted molar refractivity (Wildman–Crippen MR) is 155 cm³/mol. The van der Waals surface area contributed by atoms with Gasteiger partial charge in [-0.25, -0.2) is 0 Å². The fraction of sp³-hybridized carbons (Fsp3) is 0.967. The van der Waals surface area contributed by atoms with Crippen LogP contribution in [0.2, 0.25) is 0 Å². The Bertz CT molecular complexity index is 422. The Kier molecular flexibility index (Phi) is 25.9. The van der Waals surface area contributed by atoms with Crippen molar-refractivity contribution in [2.45, 2.75) is 167 Å². The smallest absolute Gasteiger partial charge is 0.220 e. The molecule has 0 aromatic heterocycles. The monoisotopic (exact) mass is 497 g/mol. The second kappa shape index (κ2) is 26.4. The molecule has 0 rings (SSSR count). The van der Waals surface area contributed by atoms with E-state index < -0.39 is 0 Å². The van der Waals surface area contributed by atoms with Crippen LogP contribution in [0.1, 0.15) is 161 Å². The standard InChI is InChI=1S/C30H64N4O/c1-2-3-4-5-6-7-8-9-10-11-12-13-14-15-16-17-18-22-29(35)34-30(23-19-26-31,24-20-27-32)25-21-28-33/h2-28,31-33H2,1H3,(H,34,35). The lowest BCUT2D eigenvalue weighted by Gasteiger charge is -2.35. The Hall–Kier alpha value is -0.650. The van der Waals surface area contributed by atoms with E-state index in [1.165, 1.54) is 96.3 Å². The number of nitrogens with two attached hydrogens (primary N) is 3. The van der Waals surface area contributed by atoms with Gasteiger partial charge in [-0.1, -0.05) is 110 Å². The molecule has 0 atom stereocenters. The van der Waals surface area contributed by atoms with Crippen molar-refractivity contribution in [3.8, 4) is 0 Å². The van der Waals surface area contributed by atoms with Gasteiger partial charge in [0.25, 0.3) is 0 Å². The maximum atomic E-state index is 12.7. The highest BCUT2D eigenvalue weighted by Gasteiger charge is 2.29. The van der Waals surface area contributed by atoms with Crippen LogP contribution < -0.4 is 22.5 Å². The molecule has 0 aliphatic rings. The zero-order valence-electron chi connectivity index (χ0n) is 23.7. The van der Waals surface area contributed by atoms with Crippen LogP contribution in [-0.4, -0.2) is 31.1 Å². The van der Waals surface area contributed by atoms with E-state index in [0.29, 0.717) is 26.1 Å². The van der Waals surface area contributed by atoms with Gasteiger partial charge in [0.2, 0.25) is 5.91 Å². The van der Waals surface area contributed by atoms with Crippen molar-refractivity contribution in [3.63, 3.8) is 0 Å². The van der Waals surface area contributed by atoms with Crippen molar-refractivity contribution in [1.29, 1.82) is 0 Å². The summed E-state index contributed by atoms with van der Waals surface area (Å²) in [6.07, 6.45) is 29.3. The SMILES string of the molecule is CCCCCCCCCCCCCCCCCCCC(=O)NC(CCCN)(CCCN)CCCN. The molecule has 5 heteroatoms. The normalized spacial score (nSPS) is 11.8. The minimum atomic E-state index is -0.177. The highest BCUT2D eigenvalue weighted by molar-refractivity contribution is 5.76. The minimum absolute atomic E-state index is 0.177. The molecule has 0 saturated heterocycles. The first-order valence-electron chi connectivity index (χ1n) is 15.6. The Morgan fingerprint density at radius 3 is 1.14 bits per heavy atom. The first kappa shape index (κ1) is 34.4. The quantitative estimate of drug-likeness (QED) is 0.0866. The van der Waals surface area contributed by atoms with Gasteiger partial charge in [-0.05, 0) is 64.6 Å². The van der Waals surface area contributed by atoms with E-state index >= 15 is 0 Å². The van der Waals surface area contributed by atoms with Crippen LogP contribution in [0.15, 0.2) is 0 Å². The highest BCUT2D eigenvalue weighted by atomic mass is 16.1. The summed E-state index contributed by atoms with van der Waals surface area (Å²) in [4.78, 5) is 12.7. The zero-order valence-corrected chi connectivity index (χ0v) is 23.7. The molecule has 0 spiro atoms. The average molecular weight is 497 g/mol. The van der Waals surface area contributed by atoms with Gasteiger partial charge < -0.3 is 22.5 Å². The number of hydrogen-bond donors (Lipinski definition) is 4. The Balaban J connectivity index is 3.77. The molecular formula is C30H64N4O. The van der Waals surface area contributed by atoms with Gasteiger partial charge >= 0.3 is 0 Å². The van der Waals surface area contributed by atoms with Crippen molar-refractivity contribution in [1.82, 2.24) is 5.32 Å². The first-order valence-corrected chi connectivity index (χ1v) is 15.6. The molecule has 7 N–H and O–H groups in total. The van der Waals surface area contributed by atoms with Gasteiger partial charge in [-0.3, -0.25) is 4.79 Å². The fourth-order valence-corrected chi connectivity index (χ4v) is 5.25. The van der Waals surface area contributed by atoms with Crippen molar-refractivity contribution in [3.05, 3.63) is 0 Å². The number of rotatable bonds is 28. The molecule has 0 unspecified atom stereocenters. The summed E-state index contributed by atoms with van der Waals surface area (Å²) < 4.78 is 0. The van der Waals surface area contributed by atoms with Gasteiger partial charge in [0, 0.05) is 12.0 Å². The number of hydrogen-bond acceptors (Lipinski definition) is 4. The van der Waals surface area contributed by atoms with Crippen LogP contribution >= 0.6 is 0 Å². The fourth-order valence-electron chi connectivity index (χ4n) is 5.25. The number of carbonyl (C=O) groups is 1. The van der Waals surface area contributed by atoms with Gasteiger partial charge in [0.1, 0.15) is 0 Å². The molecule has 0 aliphatic carbocycles. The van der Waals surface area contributed by atoms with Crippen LogP contribution in [0.25, 0.3) is 0 Å². The number of amides is 1. The van der Waals surface area contributed by atoms with E-state index in [-0.39, 0.29) is 11.4 Å². The predicted octanol–water partition coefficient (Wildman–Crippen LogP) is 7.10. The molecule has 0 bridgehead atoms. The van der Waals surface area contributed by atoms with E-state index in [1.807, 2.05) is 0 Å². The number of carbonyl (C=O) groups excluding carboxylic acids is 1. The number of nitrogens with one attached hydrogen (secondary N) is 1.